The molecule has 3 heterocycles. The van der Waals surface area contributed by atoms with Gasteiger partial charge < -0.3 is 14.6 Å². The molecule has 0 spiro atoms. The maximum atomic E-state index is 13.1. The van der Waals surface area contributed by atoms with Gasteiger partial charge in [-0.1, -0.05) is 24.3 Å². The second-order valence-corrected chi connectivity index (χ2v) is 8.07. The van der Waals surface area contributed by atoms with Gasteiger partial charge in [0.05, 0.1) is 11.0 Å². The van der Waals surface area contributed by atoms with Crippen LogP contribution in [0.2, 0.25) is 0 Å². The first-order valence-corrected chi connectivity index (χ1v) is 10.4. The van der Waals surface area contributed by atoms with Crippen LogP contribution < -0.4 is 11.0 Å². The molecule has 2 aliphatic heterocycles. The van der Waals surface area contributed by atoms with Crippen molar-refractivity contribution in [2.75, 3.05) is 13.2 Å². The van der Waals surface area contributed by atoms with Crippen molar-refractivity contribution in [2.24, 2.45) is 5.92 Å². The summed E-state index contributed by atoms with van der Waals surface area (Å²) < 4.78 is 6.77. The Morgan fingerprint density at radius 1 is 1.06 bits per heavy atom. The van der Waals surface area contributed by atoms with Crippen molar-refractivity contribution in [3.05, 3.63) is 75.0 Å². The van der Waals surface area contributed by atoms with E-state index in [4.69, 9.17) is 15.6 Å². The van der Waals surface area contributed by atoms with Gasteiger partial charge in [0.15, 0.2) is 5.49 Å². The lowest BCUT2D eigenvalue weighted by Gasteiger charge is -2.24. The van der Waals surface area contributed by atoms with Crippen molar-refractivity contribution in [1.29, 1.82) is 10.8 Å². The van der Waals surface area contributed by atoms with Gasteiger partial charge in [-0.2, -0.15) is 0 Å². The van der Waals surface area contributed by atoms with Gasteiger partial charge in [-0.3, -0.25) is 25.0 Å². The summed E-state index contributed by atoms with van der Waals surface area (Å²) in [6.45, 7) is 2.26. The molecule has 2 aromatic carbocycles. The topological polar surface area (TPSA) is 115 Å². The molecule has 31 heavy (non-hydrogen) atoms. The third kappa shape index (κ3) is 3.38. The molecule has 158 valence electrons. The monoisotopic (exact) mass is 417 g/mol. The normalized spacial score (nSPS) is 16.5. The maximum absolute atomic E-state index is 13.1. The van der Waals surface area contributed by atoms with Crippen molar-refractivity contribution >= 4 is 22.8 Å². The summed E-state index contributed by atoms with van der Waals surface area (Å²) in [5.41, 5.74) is 2.89. The number of carbonyl (C=O) groups excluding carboxylic acids is 1. The molecule has 1 aromatic heterocycles. The quantitative estimate of drug-likeness (QED) is 0.439. The highest BCUT2D eigenvalue weighted by Crippen LogP contribution is 2.25. The Kier molecular flexibility index (Phi) is 4.78. The van der Waals surface area contributed by atoms with Crippen molar-refractivity contribution in [2.45, 2.75) is 25.9 Å². The molecule has 1 amide bonds. The molecule has 5 rings (SSSR count). The zero-order valence-corrected chi connectivity index (χ0v) is 17.0. The largest absolute Gasteiger partial charge is 0.381 e. The summed E-state index contributed by atoms with van der Waals surface area (Å²) in [5.74, 6) is 0.0377. The molecule has 1 saturated heterocycles. The number of benzene rings is 2. The highest BCUT2D eigenvalue weighted by Gasteiger charge is 2.25. The number of nitrogens with one attached hydrogen (secondary N) is 3. The van der Waals surface area contributed by atoms with Crippen LogP contribution >= 0.6 is 0 Å². The van der Waals surface area contributed by atoms with Gasteiger partial charge in [-0.05, 0) is 42.2 Å². The predicted octanol–water partition coefficient (Wildman–Crippen LogP) is 2.22. The molecule has 1 fully saturated rings. The van der Waals surface area contributed by atoms with Crippen LogP contribution in [0.5, 0.6) is 0 Å². The van der Waals surface area contributed by atoms with Crippen LogP contribution in [0.3, 0.4) is 0 Å². The second kappa shape index (κ2) is 7.63. The summed E-state index contributed by atoms with van der Waals surface area (Å²) >= 11 is 0. The molecule has 8 nitrogen and oxygen atoms in total. The molecule has 0 saturated carbocycles. The van der Waals surface area contributed by atoms with Gasteiger partial charge in [-0.25, -0.2) is 0 Å². The predicted molar refractivity (Wildman–Crippen MR) is 115 cm³/mol. The Balaban J connectivity index is 1.51. The van der Waals surface area contributed by atoms with E-state index < -0.39 is 5.56 Å². The van der Waals surface area contributed by atoms with Gasteiger partial charge in [0.2, 0.25) is 0 Å². The van der Waals surface area contributed by atoms with Crippen molar-refractivity contribution in [3.63, 3.8) is 0 Å². The van der Waals surface area contributed by atoms with Gasteiger partial charge >= 0.3 is 0 Å². The van der Waals surface area contributed by atoms with E-state index in [2.05, 4.69) is 4.98 Å². The Labute approximate surface area is 178 Å². The molecule has 3 N–H and O–H groups in total. The molecular formula is C23H23N5O3. The van der Waals surface area contributed by atoms with Crippen molar-refractivity contribution in [1.82, 2.24) is 14.5 Å². The summed E-state index contributed by atoms with van der Waals surface area (Å²) in [6, 6.07) is 13.1. The zero-order chi connectivity index (χ0) is 21.5. The van der Waals surface area contributed by atoms with Crippen LogP contribution in [-0.2, 0) is 17.8 Å². The van der Waals surface area contributed by atoms with E-state index in [9.17, 15) is 9.59 Å². The van der Waals surface area contributed by atoms with Gasteiger partial charge in [0.1, 0.15) is 5.84 Å². The van der Waals surface area contributed by atoms with Crippen LogP contribution in [0.25, 0.3) is 11.0 Å². The van der Waals surface area contributed by atoms with Crippen LogP contribution in [0.1, 0.15) is 34.3 Å². The van der Waals surface area contributed by atoms with Crippen molar-refractivity contribution < 1.29 is 9.53 Å². The fourth-order valence-corrected chi connectivity index (χ4v) is 4.43. The SMILES string of the molecule is N=C(C1CCOCC1)n1c(=N)c(=O)[nH]c2cc(C(=O)N3Cc4ccccc4C3)ccc21. The average Bonchev–Trinajstić information content (AvgIpc) is 3.24. The number of hydrogen-bond acceptors (Lipinski definition) is 5. The Morgan fingerprint density at radius 3 is 2.42 bits per heavy atom. The fourth-order valence-electron chi connectivity index (χ4n) is 4.43. The summed E-state index contributed by atoms with van der Waals surface area (Å²) in [7, 11) is 0. The smallest absolute Gasteiger partial charge is 0.291 e. The summed E-state index contributed by atoms with van der Waals surface area (Å²) in [4.78, 5) is 30.0. The van der Waals surface area contributed by atoms with E-state index in [0.29, 0.717) is 55.7 Å². The highest BCUT2D eigenvalue weighted by atomic mass is 16.5. The standard InChI is InChI=1S/C23H23N5O3/c24-20(14-7-9-31-10-8-14)28-19-6-5-15(11-18(19)26-22(29)21(28)25)23(30)27-12-16-3-1-2-4-17(16)13-27/h1-6,11,14,24-25H,7-10,12-13H2,(H,26,29). The van der Waals surface area contributed by atoms with E-state index in [-0.39, 0.29) is 23.1 Å². The average molecular weight is 417 g/mol. The van der Waals surface area contributed by atoms with E-state index in [1.165, 1.54) is 4.57 Å². The molecule has 0 bridgehead atoms. The molecular weight excluding hydrogens is 394 g/mol. The minimum absolute atomic E-state index is 0.0720. The lowest BCUT2D eigenvalue weighted by Crippen LogP contribution is -2.43. The Bertz CT molecular complexity index is 1290. The van der Waals surface area contributed by atoms with E-state index in [1.807, 2.05) is 24.3 Å². The summed E-state index contributed by atoms with van der Waals surface area (Å²) in [5, 5.41) is 16.9. The number of aromatic amines is 1. The molecule has 3 aromatic rings. The number of rotatable bonds is 2. The first kappa shape index (κ1) is 19.4. The van der Waals surface area contributed by atoms with Crippen LogP contribution in [0.4, 0.5) is 0 Å². The number of aromatic nitrogens is 2. The van der Waals surface area contributed by atoms with Crippen molar-refractivity contribution in [3.8, 4) is 0 Å². The second-order valence-electron chi connectivity index (χ2n) is 8.07. The fraction of sp³-hybridized carbons (Fsp3) is 0.304. The van der Waals surface area contributed by atoms with Crippen LogP contribution in [0.15, 0.2) is 47.3 Å². The molecule has 0 atom stereocenters. The number of ether oxygens (including phenoxy) is 1. The number of nitrogens with zero attached hydrogens (tertiary/aromatic N) is 2. The van der Waals surface area contributed by atoms with E-state index >= 15 is 0 Å². The minimum Gasteiger partial charge on any atom is -0.381 e. The number of hydrogen-bond donors (Lipinski definition) is 3. The number of H-pyrrole nitrogens is 1. The molecule has 0 radical (unpaired) electrons. The first-order valence-electron chi connectivity index (χ1n) is 10.4. The van der Waals surface area contributed by atoms with Crippen LogP contribution in [-0.4, -0.2) is 39.4 Å². The Morgan fingerprint density at radius 2 is 1.74 bits per heavy atom. The lowest BCUT2D eigenvalue weighted by molar-refractivity contribution is 0.0751. The maximum Gasteiger partial charge on any atom is 0.291 e. The molecule has 8 heteroatoms. The van der Waals surface area contributed by atoms with Crippen LogP contribution in [0, 0.1) is 16.7 Å². The number of amides is 1. The third-order valence-electron chi connectivity index (χ3n) is 6.15. The minimum atomic E-state index is -0.581. The third-order valence-corrected chi connectivity index (χ3v) is 6.15. The molecule has 2 aliphatic rings. The van der Waals surface area contributed by atoms with Gasteiger partial charge in [0.25, 0.3) is 11.5 Å². The van der Waals surface area contributed by atoms with Gasteiger partial charge in [0, 0.05) is 37.8 Å². The van der Waals surface area contributed by atoms with Gasteiger partial charge in [-0.15, -0.1) is 0 Å². The molecule has 0 unspecified atom stereocenters. The zero-order valence-electron chi connectivity index (χ0n) is 17.0. The lowest BCUT2D eigenvalue weighted by atomic mass is 9.98. The number of carbonyl (C=O) groups is 1. The van der Waals surface area contributed by atoms with E-state index in [0.717, 1.165) is 11.1 Å². The first-order chi connectivity index (χ1) is 15.0. The number of fused-ring (bicyclic) bond motifs is 2. The van der Waals surface area contributed by atoms with E-state index in [1.54, 1.807) is 23.1 Å². The molecule has 0 aliphatic carbocycles. The Hall–Kier alpha value is -3.52. The summed E-state index contributed by atoms with van der Waals surface area (Å²) in [6.07, 6.45) is 1.37. The highest BCUT2D eigenvalue weighted by molar-refractivity contribution is 5.99.